The number of amides is 1. The Morgan fingerprint density at radius 3 is 2.22 bits per heavy atom. The van der Waals surface area contributed by atoms with E-state index < -0.39 is 0 Å². The van der Waals surface area contributed by atoms with Gasteiger partial charge in [-0.25, -0.2) is 0 Å². The maximum Gasteiger partial charge on any atom is 0.238 e. The summed E-state index contributed by atoms with van der Waals surface area (Å²) in [6.07, 6.45) is 0. The van der Waals surface area contributed by atoms with Gasteiger partial charge in [-0.3, -0.25) is 10.1 Å². The number of rotatable bonds is 0. The lowest BCUT2D eigenvalue weighted by molar-refractivity contribution is -0.120. The summed E-state index contributed by atoms with van der Waals surface area (Å²) in [5, 5.41) is 5.88. The van der Waals surface area contributed by atoms with E-state index in [1.807, 2.05) is 20.8 Å². The summed E-state index contributed by atoms with van der Waals surface area (Å²) < 4.78 is 0. The predicted molar refractivity (Wildman–Crippen MR) is 34.8 cm³/mol. The molecule has 1 aliphatic rings. The van der Waals surface area contributed by atoms with E-state index in [1.54, 1.807) is 0 Å². The van der Waals surface area contributed by atoms with E-state index in [1.165, 1.54) is 0 Å². The number of nitrogens with one attached hydrogen (secondary N) is 2. The highest BCUT2D eigenvalue weighted by Crippen LogP contribution is 2.06. The lowest BCUT2D eigenvalue weighted by Crippen LogP contribution is -2.43. The molecule has 1 rings (SSSR count). The van der Waals surface area contributed by atoms with Gasteiger partial charge in [-0.2, -0.15) is 0 Å². The minimum Gasteiger partial charge on any atom is -0.337 e. The van der Waals surface area contributed by atoms with Crippen LogP contribution >= 0.6 is 0 Å². The van der Waals surface area contributed by atoms with Gasteiger partial charge in [-0.15, -0.1) is 0 Å². The molecular formula is C6H12N2O. The first kappa shape index (κ1) is 6.55. The second-order valence-electron chi connectivity index (χ2n) is 2.98. The molecule has 0 aromatic rings. The van der Waals surface area contributed by atoms with Gasteiger partial charge in [-0.1, -0.05) is 0 Å². The SMILES string of the molecule is C[C@@H]1NC(C)(C)NC1=O. The van der Waals surface area contributed by atoms with E-state index >= 15 is 0 Å². The number of hydrogen-bond donors (Lipinski definition) is 2. The molecule has 0 saturated carbocycles. The van der Waals surface area contributed by atoms with Crippen LogP contribution in [0.5, 0.6) is 0 Å². The Kier molecular flexibility index (Phi) is 1.24. The molecule has 1 heterocycles. The van der Waals surface area contributed by atoms with Crippen molar-refractivity contribution in [1.29, 1.82) is 0 Å². The van der Waals surface area contributed by atoms with Crippen molar-refractivity contribution in [2.45, 2.75) is 32.5 Å². The molecule has 3 nitrogen and oxygen atoms in total. The summed E-state index contributed by atoms with van der Waals surface area (Å²) in [6, 6.07) is -0.0417. The first-order valence-electron chi connectivity index (χ1n) is 3.11. The molecule has 52 valence electrons. The van der Waals surface area contributed by atoms with Crippen molar-refractivity contribution in [3.8, 4) is 0 Å². The van der Waals surface area contributed by atoms with E-state index in [0.29, 0.717) is 0 Å². The van der Waals surface area contributed by atoms with E-state index in [2.05, 4.69) is 10.6 Å². The average Bonchev–Trinajstić information content (AvgIpc) is 1.79. The third-order valence-corrected chi connectivity index (χ3v) is 1.41. The van der Waals surface area contributed by atoms with E-state index in [0.717, 1.165) is 0 Å². The maximum atomic E-state index is 10.8. The zero-order valence-electron chi connectivity index (χ0n) is 5.99. The molecule has 2 N–H and O–H groups in total. The minimum absolute atomic E-state index is 0.0417. The van der Waals surface area contributed by atoms with Crippen LogP contribution in [-0.2, 0) is 4.79 Å². The second kappa shape index (κ2) is 1.70. The van der Waals surface area contributed by atoms with Crippen LogP contribution in [0.4, 0.5) is 0 Å². The van der Waals surface area contributed by atoms with Gasteiger partial charge in [0.05, 0.1) is 11.7 Å². The predicted octanol–water partition coefficient (Wildman–Crippen LogP) is -0.170. The molecule has 3 heteroatoms. The van der Waals surface area contributed by atoms with Gasteiger partial charge in [0.1, 0.15) is 0 Å². The monoisotopic (exact) mass is 128 g/mol. The zero-order valence-corrected chi connectivity index (χ0v) is 5.99. The smallest absolute Gasteiger partial charge is 0.238 e. The van der Waals surface area contributed by atoms with Crippen molar-refractivity contribution >= 4 is 5.91 Å². The van der Waals surface area contributed by atoms with Crippen molar-refractivity contribution < 1.29 is 4.79 Å². The third kappa shape index (κ3) is 1.21. The Morgan fingerprint density at radius 1 is 1.56 bits per heavy atom. The fourth-order valence-electron chi connectivity index (χ4n) is 1.06. The van der Waals surface area contributed by atoms with Crippen LogP contribution in [0.2, 0.25) is 0 Å². The molecule has 1 aliphatic heterocycles. The standard InChI is InChI=1S/C6H12N2O/c1-4-5(9)8-6(2,3)7-4/h4,7H,1-3H3,(H,8,9)/t4-/m0/s1. The molecule has 1 saturated heterocycles. The second-order valence-corrected chi connectivity index (χ2v) is 2.98. The van der Waals surface area contributed by atoms with Crippen LogP contribution in [0, 0.1) is 0 Å². The summed E-state index contributed by atoms with van der Waals surface area (Å²) in [5.74, 6) is 0.0833. The highest BCUT2D eigenvalue weighted by Gasteiger charge is 2.32. The summed E-state index contributed by atoms with van der Waals surface area (Å²) in [6.45, 7) is 5.73. The zero-order chi connectivity index (χ0) is 7.07. The van der Waals surface area contributed by atoms with Crippen molar-refractivity contribution in [2.24, 2.45) is 0 Å². The Labute approximate surface area is 54.8 Å². The van der Waals surface area contributed by atoms with Gasteiger partial charge in [0.25, 0.3) is 0 Å². The van der Waals surface area contributed by atoms with Gasteiger partial charge >= 0.3 is 0 Å². The molecule has 0 spiro atoms. The molecule has 1 fully saturated rings. The number of carbonyl (C=O) groups is 1. The highest BCUT2D eigenvalue weighted by molar-refractivity contribution is 5.84. The van der Waals surface area contributed by atoms with Crippen LogP contribution in [-0.4, -0.2) is 17.6 Å². The van der Waals surface area contributed by atoms with Crippen LogP contribution in [0.1, 0.15) is 20.8 Å². The van der Waals surface area contributed by atoms with Crippen LogP contribution in [0.3, 0.4) is 0 Å². The van der Waals surface area contributed by atoms with Crippen molar-refractivity contribution in [1.82, 2.24) is 10.6 Å². The molecule has 9 heavy (non-hydrogen) atoms. The quantitative estimate of drug-likeness (QED) is 0.475. The van der Waals surface area contributed by atoms with E-state index in [-0.39, 0.29) is 17.6 Å². The number of carbonyl (C=O) groups excluding carboxylic acids is 1. The molecule has 0 aromatic carbocycles. The largest absolute Gasteiger partial charge is 0.337 e. The topological polar surface area (TPSA) is 41.1 Å². The van der Waals surface area contributed by atoms with Crippen molar-refractivity contribution in [2.75, 3.05) is 0 Å². The van der Waals surface area contributed by atoms with E-state index in [4.69, 9.17) is 0 Å². The molecule has 0 aromatic heterocycles. The van der Waals surface area contributed by atoms with Gasteiger partial charge in [0.2, 0.25) is 5.91 Å². The summed E-state index contributed by atoms with van der Waals surface area (Å²) in [5.41, 5.74) is -0.212. The third-order valence-electron chi connectivity index (χ3n) is 1.41. The van der Waals surface area contributed by atoms with Gasteiger partial charge in [-0.05, 0) is 20.8 Å². The Balaban J connectivity index is 2.65. The molecule has 0 radical (unpaired) electrons. The molecule has 0 bridgehead atoms. The fraction of sp³-hybridized carbons (Fsp3) is 0.833. The molecule has 1 atom stereocenters. The average molecular weight is 128 g/mol. The maximum absolute atomic E-state index is 10.8. The first-order chi connectivity index (χ1) is 4.01. The summed E-state index contributed by atoms with van der Waals surface area (Å²) >= 11 is 0. The van der Waals surface area contributed by atoms with Crippen LogP contribution in [0.15, 0.2) is 0 Å². The summed E-state index contributed by atoms with van der Waals surface area (Å²) in [4.78, 5) is 10.8. The molecular weight excluding hydrogens is 116 g/mol. The first-order valence-corrected chi connectivity index (χ1v) is 3.11. The molecule has 0 unspecified atom stereocenters. The number of hydrogen-bond acceptors (Lipinski definition) is 2. The minimum atomic E-state index is -0.212. The van der Waals surface area contributed by atoms with Crippen molar-refractivity contribution in [3.05, 3.63) is 0 Å². The lowest BCUT2D eigenvalue weighted by Gasteiger charge is -2.17. The fourth-order valence-corrected chi connectivity index (χ4v) is 1.06. The molecule has 1 amide bonds. The van der Waals surface area contributed by atoms with Crippen molar-refractivity contribution in [3.63, 3.8) is 0 Å². The van der Waals surface area contributed by atoms with Gasteiger partial charge < -0.3 is 5.32 Å². The van der Waals surface area contributed by atoms with Gasteiger partial charge in [0, 0.05) is 0 Å². The van der Waals surface area contributed by atoms with Crippen LogP contribution in [0.25, 0.3) is 0 Å². The Morgan fingerprint density at radius 2 is 2.11 bits per heavy atom. The lowest BCUT2D eigenvalue weighted by atomic mass is 10.3. The Bertz CT molecular complexity index is 142. The van der Waals surface area contributed by atoms with Crippen LogP contribution < -0.4 is 10.6 Å². The van der Waals surface area contributed by atoms with E-state index in [9.17, 15) is 4.79 Å². The normalized spacial score (nSPS) is 32.3. The molecule has 0 aliphatic carbocycles. The Hall–Kier alpha value is -0.570. The highest BCUT2D eigenvalue weighted by atomic mass is 16.2. The summed E-state index contributed by atoms with van der Waals surface area (Å²) in [7, 11) is 0. The van der Waals surface area contributed by atoms with Gasteiger partial charge in [0.15, 0.2) is 0 Å².